The summed E-state index contributed by atoms with van der Waals surface area (Å²) in [5.74, 6) is -0.813. The van der Waals surface area contributed by atoms with Crippen LogP contribution >= 0.6 is 34.8 Å². The summed E-state index contributed by atoms with van der Waals surface area (Å²) >= 11 is 18.2. The van der Waals surface area contributed by atoms with Crippen LogP contribution in [0.25, 0.3) is 0 Å². The largest absolute Gasteiger partial charge is 0.424 e. The van der Waals surface area contributed by atoms with E-state index < -0.39 is 11.9 Å². The summed E-state index contributed by atoms with van der Waals surface area (Å²) < 4.78 is 5.64. The lowest BCUT2D eigenvalue weighted by molar-refractivity contribution is -0.135. The van der Waals surface area contributed by atoms with Crippen molar-refractivity contribution in [2.24, 2.45) is 0 Å². The molecule has 0 aromatic heterocycles. The Kier molecular flexibility index (Phi) is 4.77. The van der Waals surface area contributed by atoms with Gasteiger partial charge in [0, 0.05) is 24.5 Å². The Morgan fingerprint density at radius 1 is 0.852 bits per heavy atom. The molecule has 0 fully saturated rings. The number of hydrogen-bond acceptors (Lipinski definition) is 3. The molecule has 0 amide bonds. The fraction of sp³-hybridized carbons (Fsp3) is 0.0952. The number of nitrogens with zero attached hydrogens (tertiary/aromatic N) is 1. The Morgan fingerprint density at radius 2 is 1.37 bits per heavy atom. The molecule has 4 rings (SSSR count). The number of anilines is 2. The number of carbonyl (C=O) groups is 1. The van der Waals surface area contributed by atoms with Crippen LogP contribution in [-0.4, -0.2) is 13.0 Å². The van der Waals surface area contributed by atoms with Crippen molar-refractivity contribution in [1.29, 1.82) is 0 Å². The molecule has 0 radical (unpaired) electrons. The van der Waals surface area contributed by atoms with Crippen molar-refractivity contribution in [2.75, 3.05) is 11.9 Å². The van der Waals surface area contributed by atoms with Crippen LogP contribution in [0.2, 0.25) is 15.1 Å². The molecule has 0 N–H and O–H groups in total. The maximum absolute atomic E-state index is 13.2. The molecular formula is C21H14Cl3NO2. The first-order chi connectivity index (χ1) is 13.0. The summed E-state index contributed by atoms with van der Waals surface area (Å²) in [6, 6.07) is 18.5. The summed E-state index contributed by atoms with van der Waals surface area (Å²) in [6.07, 6.45) is 0. The van der Waals surface area contributed by atoms with E-state index in [9.17, 15) is 4.79 Å². The van der Waals surface area contributed by atoms with Gasteiger partial charge in [0.1, 0.15) is 5.92 Å². The topological polar surface area (TPSA) is 29.5 Å². The minimum atomic E-state index is -0.570. The van der Waals surface area contributed by atoms with Crippen molar-refractivity contribution in [1.82, 2.24) is 0 Å². The molecule has 0 unspecified atom stereocenters. The van der Waals surface area contributed by atoms with Gasteiger partial charge in [-0.3, -0.25) is 4.79 Å². The van der Waals surface area contributed by atoms with Crippen LogP contribution in [0.3, 0.4) is 0 Å². The third-order valence-corrected chi connectivity index (χ3v) is 5.66. The van der Waals surface area contributed by atoms with E-state index in [4.69, 9.17) is 39.5 Å². The molecule has 3 aromatic carbocycles. The van der Waals surface area contributed by atoms with Crippen molar-refractivity contribution in [3.8, 4) is 5.75 Å². The van der Waals surface area contributed by atoms with Gasteiger partial charge in [0.15, 0.2) is 5.75 Å². The lowest BCUT2D eigenvalue weighted by atomic mass is 9.85. The minimum Gasteiger partial charge on any atom is -0.424 e. The monoisotopic (exact) mass is 417 g/mol. The first-order valence-corrected chi connectivity index (χ1v) is 9.38. The Hall–Kier alpha value is -2.20. The molecule has 136 valence electrons. The third-order valence-electron chi connectivity index (χ3n) is 4.64. The number of halogens is 3. The molecule has 6 heteroatoms. The van der Waals surface area contributed by atoms with Gasteiger partial charge in [-0.25, -0.2) is 0 Å². The fourth-order valence-corrected chi connectivity index (χ4v) is 3.95. The Bertz CT molecular complexity index is 1000. The fourth-order valence-electron chi connectivity index (χ4n) is 3.38. The minimum absolute atomic E-state index is 0.185. The SMILES string of the molecule is CN1c2ccccc2C(C(=O)Oc2cc(Cl)c(Cl)cc2Cl)c2ccccc21. The zero-order valence-electron chi connectivity index (χ0n) is 14.2. The van der Waals surface area contributed by atoms with Crippen molar-refractivity contribution in [3.63, 3.8) is 0 Å². The molecule has 3 aromatic rings. The number of esters is 1. The summed E-state index contributed by atoms with van der Waals surface area (Å²) in [5.41, 5.74) is 3.66. The Balaban J connectivity index is 1.79. The van der Waals surface area contributed by atoms with Gasteiger partial charge in [-0.05, 0) is 29.3 Å². The van der Waals surface area contributed by atoms with Crippen molar-refractivity contribution in [3.05, 3.63) is 86.9 Å². The van der Waals surface area contributed by atoms with Crippen molar-refractivity contribution < 1.29 is 9.53 Å². The standard InChI is InChI=1S/C21H14Cl3NO2/c1-25-17-8-4-2-6-12(17)20(13-7-3-5-9-18(13)25)21(26)27-19-11-15(23)14(22)10-16(19)24/h2-11,20H,1H3. The smallest absolute Gasteiger partial charge is 0.323 e. The second-order valence-electron chi connectivity index (χ2n) is 6.23. The third kappa shape index (κ3) is 3.16. The molecule has 0 saturated carbocycles. The number of carbonyl (C=O) groups excluding carboxylic acids is 1. The van der Waals surface area contributed by atoms with Crippen LogP contribution < -0.4 is 9.64 Å². The van der Waals surface area contributed by atoms with Crippen molar-refractivity contribution in [2.45, 2.75) is 5.92 Å². The first-order valence-electron chi connectivity index (χ1n) is 8.25. The van der Waals surface area contributed by atoms with E-state index in [1.54, 1.807) is 0 Å². The number of benzene rings is 3. The number of ether oxygens (including phenoxy) is 1. The molecule has 0 bridgehead atoms. The Morgan fingerprint density at radius 3 is 1.96 bits per heavy atom. The van der Waals surface area contributed by atoms with E-state index in [2.05, 4.69) is 4.90 Å². The second-order valence-corrected chi connectivity index (χ2v) is 7.45. The van der Waals surface area contributed by atoms with Gasteiger partial charge in [0.25, 0.3) is 0 Å². The molecule has 0 saturated heterocycles. The number of para-hydroxylation sites is 2. The molecule has 3 nitrogen and oxygen atoms in total. The molecule has 0 aliphatic carbocycles. The molecule has 1 heterocycles. The highest BCUT2D eigenvalue weighted by atomic mass is 35.5. The van der Waals surface area contributed by atoms with Crippen LogP contribution in [-0.2, 0) is 4.79 Å². The van der Waals surface area contributed by atoms with Crippen LogP contribution in [0.1, 0.15) is 17.0 Å². The van der Waals surface area contributed by atoms with Crippen LogP contribution in [0, 0.1) is 0 Å². The quantitative estimate of drug-likeness (QED) is 0.271. The highest BCUT2D eigenvalue weighted by molar-refractivity contribution is 6.43. The van der Waals surface area contributed by atoms with Gasteiger partial charge < -0.3 is 9.64 Å². The van der Waals surface area contributed by atoms with E-state index in [1.807, 2.05) is 55.6 Å². The predicted molar refractivity (Wildman–Crippen MR) is 110 cm³/mol. The van der Waals surface area contributed by atoms with Crippen LogP contribution in [0.4, 0.5) is 11.4 Å². The maximum atomic E-state index is 13.2. The average molecular weight is 419 g/mol. The van der Waals surface area contributed by atoms with E-state index >= 15 is 0 Å². The van der Waals surface area contributed by atoms with E-state index in [-0.39, 0.29) is 15.8 Å². The van der Waals surface area contributed by atoms with Gasteiger partial charge in [-0.1, -0.05) is 71.2 Å². The molecule has 1 aliphatic heterocycles. The first kappa shape index (κ1) is 18.2. The second kappa shape index (κ2) is 7.08. The lowest BCUT2D eigenvalue weighted by Crippen LogP contribution is -2.28. The van der Waals surface area contributed by atoms with Gasteiger partial charge in [-0.2, -0.15) is 0 Å². The van der Waals surface area contributed by atoms with Gasteiger partial charge in [0.05, 0.1) is 15.1 Å². The normalized spacial score (nSPS) is 13.1. The van der Waals surface area contributed by atoms with Gasteiger partial charge >= 0.3 is 5.97 Å². The molecular weight excluding hydrogens is 405 g/mol. The van der Waals surface area contributed by atoms with Crippen molar-refractivity contribution >= 4 is 52.1 Å². The maximum Gasteiger partial charge on any atom is 0.323 e. The summed E-state index contributed by atoms with van der Waals surface area (Å²) in [6.45, 7) is 0. The van der Waals surface area contributed by atoms with Crippen LogP contribution in [0.15, 0.2) is 60.7 Å². The van der Waals surface area contributed by atoms with E-state index in [1.165, 1.54) is 12.1 Å². The molecule has 0 spiro atoms. The number of fused-ring (bicyclic) bond motifs is 2. The van der Waals surface area contributed by atoms with Crippen LogP contribution in [0.5, 0.6) is 5.75 Å². The zero-order valence-corrected chi connectivity index (χ0v) is 16.5. The zero-order chi connectivity index (χ0) is 19.1. The average Bonchev–Trinajstić information content (AvgIpc) is 2.66. The van der Waals surface area contributed by atoms with E-state index in [0.29, 0.717) is 5.02 Å². The highest BCUT2D eigenvalue weighted by Crippen LogP contribution is 2.45. The summed E-state index contributed by atoms with van der Waals surface area (Å²) in [4.78, 5) is 15.2. The highest BCUT2D eigenvalue weighted by Gasteiger charge is 2.35. The number of hydrogen-bond donors (Lipinski definition) is 0. The predicted octanol–water partition coefficient (Wildman–Crippen LogP) is 6.47. The summed E-state index contributed by atoms with van der Waals surface area (Å²) in [5, 5.41) is 0.803. The summed E-state index contributed by atoms with van der Waals surface area (Å²) in [7, 11) is 1.98. The Labute approximate surface area is 172 Å². The van der Waals surface area contributed by atoms with Gasteiger partial charge in [0.2, 0.25) is 0 Å². The van der Waals surface area contributed by atoms with Gasteiger partial charge in [-0.15, -0.1) is 0 Å². The molecule has 0 atom stereocenters. The van der Waals surface area contributed by atoms with E-state index in [0.717, 1.165) is 22.5 Å². The molecule has 1 aliphatic rings. The molecule has 27 heavy (non-hydrogen) atoms. The number of rotatable bonds is 2. The lowest BCUT2D eigenvalue weighted by Gasteiger charge is -2.34.